The van der Waals surface area contributed by atoms with Crippen molar-refractivity contribution < 1.29 is 17.9 Å². The van der Waals surface area contributed by atoms with Gasteiger partial charge in [-0.3, -0.25) is 9.69 Å². The molecule has 1 aliphatic rings. The summed E-state index contributed by atoms with van der Waals surface area (Å²) in [5.41, 5.74) is 1.93. The molecule has 7 nitrogen and oxygen atoms in total. The van der Waals surface area contributed by atoms with Gasteiger partial charge in [-0.1, -0.05) is 25.1 Å². The van der Waals surface area contributed by atoms with Crippen molar-refractivity contribution in [2.75, 3.05) is 45.2 Å². The summed E-state index contributed by atoms with van der Waals surface area (Å²) in [6.07, 6.45) is 0.846. The quantitative estimate of drug-likeness (QED) is 0.747. The smallest absolute Gasteiger partial charge is 0.243 e. The molecule has 0 aromatic heterocycles. The summed E-state index contributed by atoms with van der Waals surface area (Å²) < 4.78 is 32.2. The van der Waals surface area contributed by atoms with Crippen LogP contribution in [-0.4, -0.2) is 63.4 Å². The van der Waals surface area contributed by atoms with Crippen LogP contribution in [0.1, 0.15) is 12.5 Å². The van der Waals surface area contributed by atoms with Crippen molar-refractivity contribution in [1.29, 1.82) is 0 Å². The molecule has 0 aliphatic carbocycles. The lowest BCUT2D eigenvalue weighted by atomic mass is 10.1. The van der Waals surface area contributed by atoms with Gasteiger partial charge in [0.25, 0.3) is 0 Å². The first-order chi connectivity index (χ1) is 13.9. The first-order valence-electron chi connectivity index (χ1n) is 9.68. The molecule has 1 amide bonds. The van der Waals surface area contributed by atoms with Crippen LogP contribution in [0.25, 0.3) is 0 Å². The number of benzene rings is 2. The maximum Gasteiger partial charge on any atom is 0.243 e. The molecule has 0 saturated carbocycles. The van der Waals surface area contributed by atoms with Gasteiger partial charge in [0, 0.05) is 31.9 Å². The predicted octanol–water partition coefficient (Wildman–Crippen LogP) is 2.20. The molecule has 1 saturated heterocycles. The highest BCUT2D eigenvalue weighted by Gasteiger charge is 2.29. The van der Waals surface area contributed by atoms with Crippen LogP contribution in [0.15, 0.2) is 53.4 Å². The molecule has 1 aliphatic heterocycles. The zero-order valence-electron chi connectivity index (χ0n) is 16.8. The van der Waals surface area contributed by atoms with E-state index >= 15 is 0 Å². The Balaban J connectivity index is 1.55. The molecule has 0 radical (unpaired) electrons. The maximum atomic E-state index is 12.8. The van der Waals surface area contributed by atoms with E-state index in [0.717, 1.165) is 17.7 Å². The van der Waals surface area contributed by atoms with Crippen molar-refractivity contribution in [3.8, 4) is 5.75 Å². The second kappa shape index (κ2) is 9.39. The number of hydrogen-bond donors (Lipinski definition) is 1. The number of hydrogen-bond acceptors (Lipinski definition) is 5. The molecule has 8 heteroatoms. The van der Waals surface area contributed by atoms with Gasteiger partial charge in [-0.25, -0.2) is 8.42 Å². The van der Waals surface area contributed by atoms with Crippen molar-refractivity contribution >= 4 is 21.6 Å². The SMILES string of the molecule is CCc1ccccc1NC(=O)CN1CCN(S(=O)(=O)c2ccc(OC)cc2)CC1. The van der Waals surface area contributed by atoms with Crippen molar-refractivity contribution in [1.82, 2.24) is 9.21 Å². The van der Waals surface area contributed by atoms with Crippen molar-refractivity contribution in [2.45, 2.75) is 18.2 Å². The number of carbonyl (C=O) groups is 1. The number of aryl methyl sites for hydroxylation is 1. The molecule has 156 valence electrons. The summed E-state index contributed by atoms with van der Waals surface area (Å²) >= 11 is 0. The molecule has 0 spiro atoms. The first-order valence-corrected chi connectivity index (χ1v) is 11.1. The number of piperazine rings is 1. The Morgan fingerprint density at radius 3 is 2.31 bits per heavy atom. The lowest BCUT2D eigenvalue weighted by Gasteiger charge is -2.33. The summed E-state index contributed by atoms with van der Waals surface area (Å²) in [5.74, 6) is 0.529. The number of amides is 1. The van der Waals surface area contributed by atoms with Crippen molar-refractivity contribution in [3.63, 3.8) is 0 Å². The Kier molecular flexibility index (Phi) is 6.89. The topological polar surface area (TPSA) is 79.0 Å². The molecule has 0 bridgehead atoms. The zero-order chi connectivity index (χ0) is 20.9. The fourth-order valence-electron chi connectivity index (χ4n) is 3.37. The number of sulfonamides is 1. The van der Waals surface area contributed by atoms with Crippen LogP contribution in [0.2, 0.25) is 0 Å². The molecule has 2 aromatic carbocycles. The fourth-order valence-corrected chi connectivity index (χ4v) is 4.79. The minimum Gasteiger partial charge on any atom is -0.497 e. The van der Waals surface area contributed by atoms with Crippen LogP contribution in [-0.2, 0) is 21.2 Å². The molecule has 0 unspecified atom stereocenters. The lowest BCUT2D eigenvalue weighted by molar-refractivity contribution is -0.117. The van der Waals surface area contributed by atoms with E-state index in [4.69, 9.17) is 4.74 Å². The van der Waals surface area contributed by atoms with E-state index in [-0.39, 0.29) is 17.3 Å². The highest BCUT2D eigenvalue weighted by molar-refractivity contribution is 7.89. The predicted molar refractivity (Wildman–Crippen MR) is 113 cm³/mol. The second-order valence-electron chi connectivity index (χ2n) is 6.91. The van der Waals surface area contributed by atoms with Gasteiger partial charge >= 0.3 is 0 Å². The van der Waals surface area contributed by atoms with E-state index in [0.29, 0.717) is 31.9 Å². The van der Waals surface area contributed by atoms with Crippen LogP contribution < -0.4 is 10.1 Å². The molecular weight excluding hydrogens is 390 g/mol. The standard InChI is InChI=1S/C21H27N3O4S/c1-3-17-6-4-5-7-20(17)22-21(25)16-23-12-14-24(15-13-23)29(26,27)19-10-8-18(28-2)9-11-19/h4-11H,3,12-16H2,1-2H3,(H,22,25). The maximum absolute atomic E-state index is 12.8. The van der Waals surface area contributed by atoms with Crippen LogP contribution in [0.5, 0.6) is 5.75 Å². The number of nitrogens with one attached hydrogen (secondary N) is 1. The van der Waals surface area contributed by atoms with E-state index in [9.17, 15) is 13.2 Å². The van der Waals surface area contributed by atoms with Gasteiger partial charge in [-0.15, -0.1) is 0 Å². The molecule has 3 rings (SSSR count). The summed E-state index contributed by atoms with van der Waals surface area (Å²) in [5, 5.41) is 2.96. The van der Waals surface area contributed by atoms with E-state index in [1.807, 2.05) is 36.1 Å². The molecular formula is C21H27N3O4S. The molecule has 1 fully saturated rings. The summed E-state index contributed by atoms with van der Waals surface area (Å²) in [7, 11) is -2.00. The molecule has 2 aromatic rings. The van der Waals surface area contributed by atoms with E-state index < -0.39 is 10.0 Å². The van der Waals surface area contributed by atoms with Gasteiger partial charge < -0.3 is 10.1 Å². The van der Waals surface area contributed by atoms with E-state index in [2.05, 4.69) is 5.32 Å². The van der Waals surface area contributed by atoms with Crippen LogP contribution >= 0.6 is 0 Å². The van der Waals surface area contributed by atoms with Crippen LogP contribution in [0.3, 0.4) is 0 Å². The monoisotopic (exact) mass is 417 g/mol. The number of anilines is 1. The second-order valence-corrected chi connectivity index (χ2v) is 8.85. The fraction of sp³-hybridized carbons (Fsp3) is 0.381. The zero-order valence-corrected chi connectivity index (χ0v) is 17.6. The molecule has 1 N–H and O–H groups in total. The average molecular weight is 418 g/mol. The van der Waals surface area contributed by atoms with Gasteiger partial charge in [0.15, 0.2) is 0 Å². The largest absolute Gasteiger partial charge is 0.497 e. The number of carbonyl (C=O) groups excluding carboxylic acids is 1. The number of methoxy groups -OCH3 is 1. The van der Waals surface area contributed by atoms with Gasteiger partial charge in [0.1, 0.15) is 5.75 Å². The lowest BCUT2D eigenvalue weighted by Crippen LogP contribution is -2.50. The minimum absolute atomic E-state index is 0.0858. The van der Waals surface area contributed by atoms with Crippen molar-refractivity contribution in [3.05, 3.63) is 54.1 Å². The Hall–Kier alpha value is -2.42. The summed E-state index contributed by atoms with van der Waals surface area (Å²) in [6.45, 7) is 4.03. The number of para-hydroxylation sites is 1. The van der Waals surface area contributed by atoms with Gasteiger partial charge in [0.2, 0.25) is 15.9 Å². The van der Waals surface area contributed by atoms with Gasteiger partial charge in [-0.05, 0) is 42.3 Å². The third-order valence-electron chi connectivity index (χ3n) is 5.07. The minimum atomic E-state index is -3.55. The number of nitrogens with zero attached hydrogens (tertiary/aromatic N) is 2. The Bertz CT molecular complexity index is 937. The average Bonchev–Trinajstić information content (AvgIpc) is 2.74. The third kappa shape index (κ3) is 5.14. The highest BCUT2D eigenvalue weighted by atomic mass is 32.2. The number of ether oxygens (including phenoxy) is 1. The number of rotatable bonds is 7. The highest BCUT2D eigenvalue weighted by Crippen LogP contribution is 2.21. The van der Waals surface area contributed by atoms with Gasteiger partial charge in [0.05, 0.1) is 18.6 Å². The van der Waals surface area contributed by atoms with E-state index in [1.54, 1.807) is 31.4 Å². The normalized spacial score (nSPS) is 15.8. The molecule has 1 heterocycles. The van der Waals surface area contributed by atoms with E-state index in [1.165, 1.54) is 4.31 Å². The van der Waals surface area contributed by atoms with Crippen LogP contribution in [0, 0.1) is 0 Å². The summed E-state index contributed by atoms with van der Waals surface area (Å²) in [4.78, 5) is 14.6. The van der Waals surface area contributed by atoms with Gasteiger partial charge in [-0.2, -0.15) is 4.31 Å². The Morgan fingerprint density at radius 2 is 1.69 bits per heavy atom. The Labute approximate surface area is 172 Å². The summed E-state index contributed by atoms with van der Waals surface area (Å²) in [6, 6.07) is 14.1. The third-order valence-corrected chi connectivity index (χ3v) is 6.98. The van der Waals surface area contributed by atoms with Crippen molar-refractivity contribution in [2.24, 2.45) is 0 Å². The van der Waals surface area contributed by atoms with Crippen LogP contribution in [0.4, 0.5) is 5.69 Å². The Morgan fingerprint density at radius 1 is 1.03 bits per heavy atom. The molecule has 0 atom stereocenters. The molecule has 29 heavy (non-hydrogen) atoms. The first kappa shape index (κ1) is 21.3.